The van der Waals surface area contributed by atoms with Crippen molar-refractivity contribution in [2.24, 2.45) is 5.73 Å². The van der Waals surface area contributed by atoms with Crippen LogP contribution in [0.15, 0.2) is 30.5 Å². The van der Waals surface area contributed by atoms with Gasteiger partial charge in [0.05, 0.1) is 6.10 Å². The number of aromatic nitrogens is 1. The number of nitrogens with two attached hydrogens (primary N) is 1. The largest absolute Gasteiger partial charge is 0.378 e. The molecule has 1 aromatic carbocycles. The minimum Gasteiger partial charge on any atom is -0.378 e. The van der Waals surface area contributed by atoms with Gasteiger partial charge in [0.15, 0.2) is 0 Å². The zero-order chi connectivity index (χ0) is 13.8. The molecule has 1 aromatic heterocycles. The molecule has 0 radical (unpaired) electrons. The average molecular weight is 272 g/mol. The van der Waals surface area contributed by atoms with Gasteiger partial charge in [0, 0.05) is 24.9 Å². The Kier molecular flexibility index (Phi) is 4.38. The molecule has 1 saturated heterocycles. The molecule has 3 heteroatoms. The van der Waals surface area contributed by atoms with Crippen molar-refractivity contribution in [1.29, 1.82) is 0 Å². The fourth-order valence-corrected chi connectivity index (χ4v) is 3.13. The Morgan fingerprint density at radius 2 is 2.25 bits per heavy atom. The molecule has 2 heterocycles. The van der Waals surface area contributed by atoms with E-state index in [1.165, 1.54) is 42.1 Å². The molecule has 1 fully saturated rings. The van der Waals surface area contributed by atoms with E-state index in [0.29, 0.717) is 12.6 Å². The van der Waals surface area contributed by atoms with Crippen molar-refractivity contribution in [3.8, 4) is 0 Å². The highest BCUT2D eigenvalue weighted by Crippen LogP contribution is 2.21. The molecule has 20 heavy (non-hydrogen) atoms. The SMILES string of the molecule is NCCc1ccc2c(ccn2CCCC2CCCO2)c1. The van der Waals surface area contributed by atoms with E-state index in [-0.39, 0.29) is 0 Å². The Morgan fingerprint density at radius 3 is 3.05 bits per heavy atom. The van der Waals surface area contributed by atoms with Gasteiger partial charge in [-0.05, 0) is 67.8 Å². The summed E-state index contributed by atoms with van der Waals surface area (Å²) in [5.41, 5.74) is 8.28. The molecule has 2 aromatic rings. The molecule has 1 aliphatic heterocycles. The monoisotopic (exact) mass is 272 g/mol. The van der Waals surface area contributed by atoms with Crippen LogP contribution < -0.4 is 5.73 Å². The van der Waals surface area contributed by atoms with Crippen molar-refractivity contribution < 1.29 is 4.74 Å². The summed E-state index contributed by atoms with van der Waals surface area (Å²) in [6.07, 6.45) is 8.53. The maximum Gasteiger partial charge on any atom is 0.0576 e. The van der Waals surface area contributed by atoms with Crippen molar-refractivity contribution in [3.63, 3.8) is 0 Å². The van der Waals surface area contributed by atoms with Crippen molar-refractivity contribution in [3.05, 3.63) is 36.0 Å². The molecule has 1 atom stereocenters. The minimum absolute atomic E-state index is 0.507. The second-order valence-corrected chi connectivity index (χ2v) is 5.72. The van der Waals surface area contributed by atoms with Gasteiger partial charge in [0.25, 0.3) is 0 Å². The van der Waals surface area contributed by atoms with Crippen LogP contribution in [0.4, 0.5) is 0 Å². The lowest BCUT2D eigenvalue weighted by molar-refractivity contribution is 0.101. The second kappa shape index (κ2) is 6.42. The van der Waals surface area contributed by atoms with Gasteiger partial charge in [-0.2, -0.15) is 0 Å². The molecule has 0 saturated carbocycles. The predicted molar refractivity (Wildman–Crippen MR) is 82.9 cm³/mol. The van der Waals surface area contributed by atoms with Gasteiger partial charge in [0.2, 0.25) is 0 Å². The van der Waals surface area contributed by atoms with E-state index in [2.05, 4.69) is 35.0 Å². The van der Waals surface area contributed by atoms with Gasteiger partial charge in [-0.15, -0.1) is 0 Å². The summed E-state index contributed by atoms with van der Waals surface area (Å²) in [4.78, 5) is 0. The highest BCUT2D eigenvalue weighted by atomic mass is 16.5. The van der Waals surface area contributed by atoms with Gasteiger partial charge >= 0.3 is 0 Å². The molecule has 1 unspecified atom stereocenters. The van der Waals surface area contributed by atoms with E-state index < -0.39 is 0 Å². The van der Waals surface area contributed by atoms with Gasteiger partial charge in [-0.3, -0.25) is 0 Å². The number of ether oxygens (including phenoxy) is 1. The normalized spacial score (nSPS) is 18.9. The number of hydrogen-bond acceptors (Lipinski definition) is 2. The van der Waals surface area contributed by atoms with Crippen LogP contribution in [0.5, 0.6) is 0 Å². The molecular formula is C17H24N2O. The lowest BCUT2D eigenvalue weighted by Gasteiger charge is -2.10. The minimum atomic E-state index is 0.507. The van der Waals surface area contributed by atoms with Gasteiger partial charge < -0.3 is 15.0 Å². The topological polar surface area (TPSA) is 40.2 Å². The first-order valence-electron chi connectivity index (χ1n) is 7.76. The maximum absolute atomic E-state index is 5.68. The molecule has 1 aliphatic rings. The quantitative estimate of drug-likeness (QED) is 0.877. The van der Waals surface area contributed by atoms with Crippen molar-refractivity contribution in [2.75, 3.05) is 13.2 Å². The Labute approximate surface area is 120 Å². The summed E-state index contributed by atoms with van der Waals surface area (Å²) in [7, 11) is 0. The lowest BCUT2D eigenvalue weighted by Crippen LogP contribution is -2.06. The van der Waals surface area contributed by atoms with Crippen LogP contribution in [0, 0.1) is 0 Å². The smallest absolute Gasteiger partial charge is 0.0576 e. The first-order valence-corrected chi connectivity index (χ1v) is 7.76. The second-order valence-electron chi connectivity index (χ2n) is 5.72. The number of aryl methyl sites for hydroxylation is 1. The molecule has 0 bridgehead atoms. The third-order valence-electron chi connectivity index (χ3n) is 4.22. The summed E-state index contributed by atoms with van der Waals surface area (Å²) in [5, 5.41) is 1.33. The number of rotatable bonds is 6. The Bertz CT molecular complexity index is 555. The summed E-state index contributed by atoms with van der Waals surface area (Å²) in [6, 6.07) is 8.90. The molecule has 0 amide bonds. The predicted octanol–water partition coefficient (Wildman–Crippen LogP) is 3.10. The fraction of sp³-hybridized carbons (Fsp3) is 0.529. The van der Waals surface area contributed by atoms with Crippen LogP contribution in [0.1, 0.15) is 31.2 Å². The number of hydrogen-bond donors (Lipinski definition) is 1. The Balaban J connectivity index is 1.62. The zero-order valence-electron chi connectivity index (χ0n) is 12.1. The van der Waals surface area contributed by atoms with E-state index >= 15 is 0 Å². The van der Waals surface area contributed by atoms with Crippen molar-refractivity contribution in [2.45, 2.75) is 44.8 Å². The van der Waals surface area contributed by atoms with Gasteiger partial charge in [0.1, 0.15) is 0 Å². The van der Waals surface area contributed by atoms with Crippen molar-refractivity contribution in [1.82, 2.24) is 4.57 Å². The van der Waals surface area contributed by atoms with E-state index in [9.17, 15) is 0 Å². The number of nitrogens with zero attached hydrogens (tertiary/aromatic N) is 1. The van der Waals surface area contributed by atoms with E-state index in [4.69, 9.17) is 10.5 Å². The molecule has 0 spiro atoms. The summed E-state index contributed by atoms with van der Waals surface area (Å²) < 4.78 is 8.04. The van der Waals surface area contributed by atoms with Crippen LogP contribution >= 0.6 is 0 Å². The van der Waals surface area contributed by atoms with Crippen LogP contribution in [0.25, 0.3) is 10.9 Å². The molecule has 108 valence electrons. The third kappa shape index (κ3) is 3.05. The lowest BCUT2D eigenvalue weighted by atomic mass is 10.1. The molecule has 3 nitrogen and oxygen atoms in total. The van der Waals surface area contributed by atoms with Crippen molar-refractivity contribution >= 4 is 10.9 Å². The first-order chi connectivity index (χ1) is 9.86. The molecule has 3 rings (SSSR count). The summed E-state index contributed by atoms with van der Waals surface area (Å²) >= 11 is 0. The highest BCUT2D eigenvalue weighted by molar-refractivity contribution is 5.80. The van der Waals surface area contributed by atoms with Gasteiger partial charge in [-0.25, -0.2) is 0 Å². The molecule has 0 aliphatic carbocycles. The summed E-state index contributed by atoms with van der Waals surface area (Å²) in [6.45, 7) is 2.76. The van der Waals surface area contributed by atoms with Crippen LogP contribution in [0.2, 0.25) is 0 Å². The van der Waals surface area contributed by atoms with Gasteiger partial charge in [-0.1, -0.05) is 6.07 Å². The van der Waals surface area contributed by atoms with Crippen LogP contribution in [-0.2, 0) is 17.7 Å². The standard InChI is InChI=1S/C17H24N2O/c18-9-7-14-5-6-17-15(13-14)8-11-19(17)10-1-3-16-4-2-12-20-16/h5-6,8,11,13,16H,1-4,7,9-10,12,18H2. The van der Waals surface area contributed by atoms with E-state index in [1.54, 1.807) is 0 Å². The fourth-order valence-electron chi connectivity index (χ4n) is 3.13. The van der Waals surface area contributed by atoms with Crippen LogP contribution in [0.3, 0.4) is 0 Å². The average Bonchev–Trinajstić information content (AvgIpc) is 3.09. The number of benzene rings is 1. The van der Waals surface area contributed by atoms with E-state index in [0.717, 1.165) is 19.6 Å². The summed E-state index contributed by atoms with van der Waals surface area (Å²) in [5.74, 6) is 0. The molecule has 2 N–H and O–H groups in total. The van der Waals surface area contributed by atoms with Crippen LogP contribution in [-0.4, -0.2) is 23.8 Å². The zero-order valence-corrected chi connectivity index (χ0v) is 12.1. The van der Waals surface area contributed by atoms with E-state index in [1.807, 2.05) is 0 Å². The Morgan fingerprint density at radius 1 is 1.30 bits per heavy atom. The first kappa shape index (κ1) is 13.7. The third-order valence-corrected chi connectivity index (χ3v) is 4.22. The number of fused-ring (bicyclic) bond motifs is 1. The maximum atomic E-state index is 5.68. The highest BCUT2D eigenvalue weighted by Gasteiger charge is 2.14. The Hall–Kier alpha value is -1.32. The molecular weight excluding hydrogens is 248 g/mol.